The first-order valence-corrected chi connectivity index (χ1v) is 13.4. The zero-order chi connectivity index (χ0) is 25.4. The summed E-state index contributed by atoms with van der Waals surface area (Å²) >= 11 is 12.0. The first kappa shape index (κ1) is 26.1. The molecule has 35 heavy (non-hydrogen) atoms. The zero-order valence-corrected chi connectivity index (χ0v) is 22.0. The first-order chi connectivity index (χ1) is 16.6. The van der Waals surface area contributed by atoms with E-state index >= 15 is 0 Å². The summed E-state index contributed by atoms with van der Waals surface area (Å²) in [6.45, 7) is 0.502. The maximum absolute atomic E-state index is 13.3. The number of rotatable bonds is 6. The van der Waals surface area contributed by atoms with E-state index in [9.17, 15) is 9.35 Å². The van der Waals surface area contributed by atoms with E-state index < -0.39 is 17.2 Å². The predicted octanol–water partition coefficient (Wildman–Crippen LogP) is 2.94. The molecule has 2 heterocycles. The topological polar surface area (TPSA) is 143 Å². The van der Waals surface area contributed by atoms with Crippen molar-refractivity contribution in [3.63, 3.8) is 0 Å². The lowest BCUT2D eigenvalue weighted by molar-refractivity contribution is 0.187. The highest BCUT2D eigenvalue weighted by Crippen LogP contribution is 2.48. The number of benzene rings is 1. The van der Waals surface area contributed by atoms with Crippen LogP contribution >= 0.6 is 23.2 Å². The Morgan fingerprint density at radius 3 is 2.60 bits per heavy atom. The molecule has 2 aliphatic rings. The summed E-state index contributed by atoms with van der Waals surface area (Å²) in [5.74, 6) is 1.28. The van der Waals surface area contributed by atoms with Crippen molar-refractivity contribution in [2.45, 2.75) is 43.0 Å². The molecule has 190 valence electrons. The van der Waals surface area contributed by atoms with E-state index in [-0.39, 0.29) is 45.4 Å². The normalized spacial score (nSPS) is 23.2. The molecule has 13 heteroatoms. The minimum absolute atomic E-state index is 0.000529. The number of methoxy groups -OCH3 is 1. The highest BCUT2D eigenvalue weighted by Gasteiger charge is 2.36. The Balaban J connectivity index is 1.65. The summed E-state index contributed by atoms with van der Waals surface area (Å²) in [7, 11) is 3.04. The maximum atomic E-state index is 13.3. The van der Waals surface area contributed by atoms with Gasteiger partial charge in [-0.3, -0.25) is 9.80 Å². The SMILES string of the molecule is COc1cc(OCC2CCC(N)C(N)C2)c(Cl)c(N2Cc3cnc([S+](C)[O-])nc3N(C)C2=O)c1Cl. The van der Waals surface area contributed by atoms with Gasteiger partial charge in [-0.2, -0.15) is 9.97 Å². The summed E-state index contributed by atoms with van der Waals surface area (Å²) in [6, 6.07) is 1.12. The molecule has 1 aromatic carbocycles. The summed E-state index contributed by atoms with van der Waals surface area (Å²) in [5.41, 5.74) is 13.1. The molecule has 1 aromatic heterocycles. The molecule has 1 aliphatic carbocycles. The fraction of sp³-hybridized carbons (Fsp3) is 0.500. The van der Waals surface area contributed by atoms with Crippen LogP contribution in [0.2, 0.25) is 10.0 Å². The van der Waals surface area contributed by atoms with Gasteiger partial charge >= 0.3 is 11.2 Å². The molecule has 0 radical (unpaired) electrons. The third-order valence-corrected chi connectivity index (χ3v) is 7.82. The van der Waals surface area contributed by atoms with Crippen LogP contribution in [0.5, 0.6) is 11.5 Å². The maximum Gasteiger partial charge on any atom is 0.344 e. The molecule has 4 unspecified atom stereocenters. The van der Waals surface area contributed by atoms with Crippen molar-refractivity contribution < 1.29 is 18.8 Å². The van der Waals surface area contributed by atoms with E-state index in [4.69, 9.17) is 44.1 Å². The van der Waals surface area contributed by atoms with Gasteiger partial charge in [-0.05, 0) is 25.2 Å². The second kappa shape index (κ2) is 10.5. The molecule has 4 rings (SSSR count). The van der Waals surface area contributed by atoms with E-state index in [1.807, 2.05) is 0 Å². The monoisotopic (exact) mass is 542 g/mol. The zero-order valence-electron chi connectivity index (χ0n) is 19.7. The van der Waals surface area contributed by atoms with Crippen molar-refractivity contribution >= 4 is 51.9 Å². The molecule has 0 spiro atoms. The Bertz CT molecular complexity index is 1120. The quantitative estimate of drug-likeness (QED) is 0.418. The van der Waals surface area contributed by atoms with Gasteiger partial charge in [0.05, 0.1) is 25.9 Å². The number of aromatic nitrogens is 2. The van der Waals surface area contributed by atoms with Gasteiger partial charge in [-0.1, -0.05) is 23.2 Å². The molecule has 2 aromatic rings. The van der Waals surface area contributed by atoms with Crippen molar-refractivity contribution in [1.29, 1.82) is 0 Å². The van der Waals surface area contributed by atoms with Crippen LogP contribution < -0.4 is 30.7 Å². The molecular weight excluding hydrogens is 515 g/mol. The lowest BCUT2D eigenvalue weighted by Crippen LogP contribution is -2.46. The Labute approximate surface area is 217 Å². The lowest BCUT2D eigenvalue weighted by atomic mass is 9.83. The fourth-order valence-corrected chi connectivity index (χ4v) is 5.45. The third-order valence-electron chi connectivity index (χ3n) is 6.38. The molecule has 1 aliphatic heterocycles. The number of hydrogen-bond donors (Lipinski definition) is 2. The molecule has 2 amide bonds. The van der Waals surface area contributed by atoms with Gasteiger partial charge in [0.25, 0.3) is 0 Å². The first-order valence-electron chi connectivity index (χ1n) is 11.1. The minimum Gasteiger partial charge on any atom is -0.609 e. The van der Waals surface area contributed by atoms with Crippen LogP contribution in [0.4, 0.5) is 16.3 Å². The third kappa shape index (κ3) is 5.11. The van der Waals surface area contributed by atoms with Crippen molar-refractivity contribution in [1.82, 2.24) is 9.97 Å². The van der Waals surface area contributed by atoms with E-state index in [1.165, 1.54) is 23.2 Å². The Morgan fingerprint density at radius 1 is 1.23 bits per heavy atom. The van der Waals surface area contributed by atoms with Gasteiger partial charge in [0, 0.05) is 48.1 Å². The number of nitrogens with two attached hydrogens (primary N) is 2. The number of amides is 2. The summed E-state index contributed by atoms with van der Waals surface area (Å²) in [5, 5.41) is 0.506. The van der Waals surface area contributed by atoms with Crippen LogP contribution in [-0.2, 0) is 17.7 Å². The van der Waals surface area contributed by atoms with E-state index in [1.54, 1.807) is 19.3 Å². The summed E-state index contributed by atoms with van der Waals surface area (Å²) in [6.07, 6.45) is 5.52. The smallest absolute Gasteiger partial charge is 0.344 e. The van der Waals surface area contributed by atoms with Crippen LogP contribution in [0.1, 0.15) is 24.8 Å². The molecule has 0 saturated heterocycles. The van der Waals surface area contributed by atoms with Gasteiger partial charge in [0.1, 0.15) is 33.6 Å². The highest BCUT2D eigenvalue weighted by molar-refractivity contribution is 7.90. The van der Waals surface area contributed by atoms with Gasteiger partial charge in [0.2, 0.25) is 0 Å². The number of hydrogen-bond acceptors (Lipinski definition) is 8. The van der Waals surface area contributed by atoms with Crippen LogP contribution in [0.25, 0.3) is 0 Å². The molecule has 4 N–H and O–H groups in total. The molecular formula is C22H28Cl2N6O4S. The number of carbonyl (C=O) groups excluding carboxylic acids is 1. The number of fused-ring (bicyclic) bond motifs is 1. The molecule has 1 fully saturated rings. The average Bonchev–Trinajstić information content (AvgIpc) is 2.83. The van der Waals surface area contributed by atoms with Gasteiger partial charge in [-0.15, -0.1) is 0 Å². The number of ether oxygens (including phenoxy) is 2. The Morgan fingerprint density at radius 2 is 1.94 bits per heavy atom. The van der Waals surface area contributed by atoms with Crippen molar-refractivity contribution in [3.8, 4) is 11.5 Å². The lowest BCUT2D eigenvalue weighted by Gasteiger charge is -2.35. The second-order valence-corrected chi connectivity index (χ2v) is 10.8. The number of halogens is 2. The largest absolute Gasteiger partial charge is 0.609 e. The van der Waals surface area contributed by atoms with Crippen LogP contribution in [0, 0.1) is 5.92 Å². The van der Waals surface area contributed by atoms with E-state index in [0.717, 1.165) is 19.3 Å². The standard InChI is InChI=1S/C22H28Cl2N6O4S/c1-29-20-12(8-27-21(28-20)35(3)32)9-30(22(29)31)19-17(23)15(33-2)7-16(18(19)24)34-10-11-4-5-13(25)14(26)6-11/h7-8,11,13-14H,4-6,9-10,25-26H2,1-3H3. The number of urea groups is 1. The van der Waals surface area contributed by atoms with Gasteiger partial charge in [0.15, 0.2) is 0 Å². The van der Waals surface area contributed by atoms with Crippen molar-refractivity contribution in [2.24, 2.45) is 17.4 Å². The number of anilines is 2. The fourth-order valence-electron chi connectivity index (χ4n) is 4.35. The van der Waals surface area contributed by atoms with Crippen LogP contribution in [0.3, 0.4) is 0 Å². The predicted molar refractivity (Wildman–Crippen MR) is 136 cm³/mol. The minimum atomic E-state index is -1.39. The Hall–Kier alpha value is -2.02. The molecule has 1 saturated carbocycles. The average molecular weight is 543 g/mol. The van der Waals surface area contributed by atoms with E-state index in [0.29, 0.717) is 29.5 Å². The second-order valence-electron chi connectivity index (χ2n) is 8.75. The molecule has 0 bridgehead atoms. The van der Waals surface area contributed by atoms with Gasteiger partial charge in [-0.25, -0.2) is 4.79 Å². The number of carbonyl (C=O) groups is 1. The number of nitrogens with zero attached hydrogens (tertiary/aromatic N) is 4. The summed E-state index contributed by atoms with van der Waals surface area (Å²) in [4.78, 5) is 24.6. The van der Waals surface area contributed by atoms with Crippen molar-refractivity contribution in [2.75, 3.05) is 36.8 Å². The van der Waals surface area contributed by atoms with Crippen LogP contribution in [0.15, 0.2) is 17.4 Å². The molecule has 10 nitrogen and oxygen atoms in total. The summed E-state index contributed by atoms with van der Waals surface area (Å²) < 4.78 is 23.3. The van der Waals surface area contributed by atoms with E-state index in [2.05, 4.69) is 9.97 Å². The van der Waals surface area contributed by atoms with Crippen molar-refractivity contribution in [3.05, 3.63) is 27.9 Å². The van der Waals surface area contributed by atoms with Crippen LogP contribution in [-0.4, -0.2) is 59.7 Å². The Kier molecular flexibility index (Phi) is 7.84. The van der Waals surface area contributed by atoms with Gasteiger partial charge < -0.3 is 25.5 Å². The molecule has 4 atom stereocenters. The highest BCUT2D eigenvalue weighted by atomic mass is 35.5.